The lowest BCUT2D eigenvalue weighted by atomic mass is 9.98. The van der Waals surface area contributed by atoms with E-state index >= 15 is 0 Å². The summed E-state index contributed by atoms with van der Waals surface area (Å²) in [6.07, 6.45) is 0. The second-order valence-electron chi connectivity index (χ2n) is 6.43. The summed E-state index contributed by atoms with van der Waals surface area (Å²) in [5.41, 5.74) is 1.49. The maximum atomic E-state index is 12.2. The molecule has 0 aliphatic carbocycles. The monoisotopic (exact) mass is 527 g/mol. The second kappa shape index (κ2) is 9.41. The molecule has 0 saturated heterocycles. The molecule has 0 heterocycles. The third kappa shape index (κ3) is 5.36. The van der Waals surface area contributed by atoms with Crippen molar-refractivity contribution in [3.05, 3.63) is 44.3 Å². The van der Waals surface area contributed by atoms with Crippen molar-refractivity contribution < 1.29 is 29.0 Å². The van der Waals surface area contributed by atoms with Gasteiger partial charge in [0.15, 0.2) is 11.5 Å². The fourth-order valence-electron chi connectivity index (χ4n) is 2.59. The molecular formula is C20H19Br2NO6. The number of carboxylic acids is 1. The molecule has 0 aromatic heterocycles. The largest absolute Gasteiger partial charge is 0.496 e. The number of hydrogen-bond donors (Lipinski definition) is 2. The van der Waals surface area contributed by atoms with E-state index in [1.54, 1.807) is 19.2 Å². The normalized spacial score (nSPS) is 10.6. The van der Waals surface area contributed by atoms with Crippen molar-refractivity contribution in [1.29, 1.82) is 0 Å². The van der Waals surface area contributed by atoms with E-state index in [1.165, 1.54) is 19.1 Å². The highest BCUT2D eigenvalue weighted by Gasteiger charge is 2.20. The van der Waals surface area contributed by atoms with Gasteiger partial charge in [-0.25, -0.2) is 4.79 Å². The molecule has 2 N–H and O–H groups in total. The van der Waals surface area contributed by atoms with Crippen molar-refractivity contribution in [2.45, 2.75) is 26.7 Å². The first kappa shape index (κ1) is 22.9. The van der Waals surface area contributed by atoms with Gasteiger partial charge in [-0.2, -0.15) is 0 Å². The van der Waals surface area contributed by atoms with Crippen LogP contribution in [0, 0.1) is 0 Å². The predicted octanol–water partition coefficient (Wildman–Crippen LogP) is 5.36. The Kier molecular flexibility index (Phi) is 7.43. The highest BCUT2D eigenvalue weighted by atomic mass is 79.9. The standard InChI is InChI=1S/C20H19Br2NO6/c1-9(2)12-7-17(13(10(3)24)8-16(12)28-4)29-18-14(21)5-11(6-15(18)22)23-19(25)20(26)27/h5-9H,1-4H3,(H,23,25)(H,26,27). The molecule has 0 saturated carbocycles. The molecule has 0 spiro atoms. The lowest BCUT2D eigenvalue weighted by Gasteiger charge is -2.18. The lowest BCUT2D eigenvalue weighted by Crippen LogP contribution is -2.21. The zero-order chi connectivity index (χ0) is 21.9. The molecule has 0 atom stereocenters. The maximum absolute atomic E-state index is 12.2. The molecule has 2 rings (SSSR count). The number of carbonyl (C=O) groups excluding carboxylic acids is 2. The van der Waals surface area contributed by atoms with E-state index < -0.39 is 11.9 Å². The van der Waals surface area contributed by atoms with Crippen LogP contribution in [0.5, 0.6) is 17.2 Å². The fraction of sp³-hybridized carbons (Fsp3) is 0.250. The summed E-state index contributed by atoms with van der Waals surface area (Å²) in [4.78, 5) is 34.2. The van der Waals surface area contributed by atoms with E-state index in [2.05, 4.69) is 37.2 Å². The van der Waals surface area contributed by atoms with Gasteiger partial charge in [0.25, 0.3) is 0 Å². The van der Waals surface area contributed by atoms with Crippen LogP contribution in [-0.4, -0.2) is 29.9 Å². The molecule has 154 valence electrons. The molecule has 0 radical (unpaired) electrons. The molecule has 0 fully saturated rings. The summed E-state index contributed by atoms with van der Waals surface area (Å²) in [6, 6.07) is 6.41. The van der Waals surface area contributed by atoms with E-state index in [4.69, 9.17) is 14.6 Å². The Labute approximate surface area is 184 Å². The van der Waals surface area contributed by atoms with Crippen LogP contribution in [-0.2, 0) is 9.59 Å². The Morgan fingerprint density at radius 2 is 1.62 bits per heavy atom. The number of amides is 1. The molecule has 2 aromatic carbocycles. The van der Waals surface area contributed by atoms with Gasteiger partial charge < -0.3 is 19.9 Å². The van der Waals surface area contributed by atoms with E-state index in [0.717, 1.165) is 5.56 Å². The summed E-state index contributed by atoms with van der Waals surface area (Å²) in [5, 5.41) is 11.0. The second-order valence-corrected chi connectivity index (χ2v) is 8.14. The first-order chi connectivity index (χ1) is 13.5. The minimum absolute atomic E-state index is 0.133. The minimum Gasteiger partial charge on any atom is -0.496 e. The fourth-order valence-corrected chi connectivity index (χ4v) is 3.94. The molecule has 7 nitrogen and oxygen atoms in total. The maximum Gasteiger partial charge on any atom is 0.394 e. The van der Waals surface area contributed by atoms with Crippen LogP contribution < -0.4 is 14.8 Å². The van der Waals surface area contributed by atoms with Crippen LogP contribution in [0.15, 0.2) is 33.2 Å². The number of ether oxygens (including phenoxy) is 2. The Hall–Kier alpha value is -2.39. The van der Waals surface area contributed by atoms with E-state index in [0.29, 0.717) is 31.8 Å². The first-order valence-electron chi connectivity index (χ1n) is 8.49. The molecule has 29 heavy (non-hydrogen) atoms. The molecule has 0 aliphatic heterocycles. The Bertz CT molecular complexity index is 964. The van der Waals surface area contributed by atoms with Crippen molar-refractivity contribution in [2.75, 3.05) is 12.4 Å². The summed E-state index contributed by atoms with van der Waals surface area (Å²) in [5.74, 6) is -1.50. The van der Waals surface area contributed by atoms with Crippen LogP contribution in [0.2, 0.25) is 0 Å². The van der Waals surface area contributed by atoms with E-state index in [-0.39, 0.29) is 17.4 Å². The molecule has 1 amide bonds. The third-order valence-electron chi connectivity index (χ3n) is 4.00. The van der Waals surface area contributed by atoms with Gasteiger partial charge in [-0.3, -0.25) is 9.59 Å². The van der Waals surface area contributed by atoms with Gasteiger partial charge in [0, 0.05) is 11.3 Å². The summed E-state index contributed by atoms with van der Waals surface area (Å²) >= 11 is 6.71. The van der Waals surface area contributed by atoms with Crippen molar-refractivity contribution in [3.8, 4) is 17.2 Å². The zero-order valence-corrected chi connectivity index (χ0v) is 19.3. The van der Waals surface area contributed by atoms with Crippen LogP contribution >= 0.6 is 31.9 Å². The molecule has 0 aliphatic rings. The number of methoxy groups -OCH3 is 1. The number of halogens is 2. The number of rotatable bonds is 6. The Balaban J connectivity index is 2.50. The van der Waals surface area contributed by atoms with Gasteiger partial charge in [-0.15, -0.1) is 0 Å². The number of carboxylic acid groups (broad SMARTS) is 1. The molecular weight excluding hydrogens is 510 g/mol. The number of Topliss-reactive ketones (excluding diaryl/α,β-unsaturated/α-hetero) is 1. The molecule has 9 heteroatoms. The van der Waals surface area contributed by atoms with Gasteiger partial charge in [0.1, 0.15) is 11.5 Å². The van der Waals surface area contributed by atoms with Gasteiger partial charge in [-0.1, -0.05) is 13.8 Å². The highest BCUT2D eigenvalue weighted by molar-refractivity contribution is 9.11. The van der Waals surface area contributed by atoms with Crippen LogP contribution in [0.3, 0.4) is 0 Å². The first-order valence-corrected chi connectivity index (χ1v) is 10.1. The zero-order valence-electron chi connectivity index (χ0n) is 16.1. The summed E-state index contributed by atoms with van der Waals surface area (Å²) < 4.78 is 12.3. The number of benzene rings is 2. The number of nitrogens with one attached hydrogen (secondary N) is 1. The Morgan fingerprint density at radius 3 is 2.07 bits per heavy atom. The van der Waals surface area contributed by atoms with E-state index in [9.17, 15) is 14.4 Å². The quantitative estimate of drug-likeness (QED) is 0.386. The van der Waals surface area contributed by atoms with Gasteiger partial charge in [-0.05, 0) is 69.0 Å². The number of ketones is 1. The highest BCUT2D eigenvalue weighted by Crippen LogP contribution is 2.42. The third-order valence-corrected chi connectivity index (χ3v) is 5.17. The number of aliphatic carboxylic acids is 1. The van der Waals surface area contributed by atoms with Crippen molar-refractivity contribution in [3.63, 3.8) is 0 Å². The smallest absolute Gasteiger partial charge is 0.394 e. The van der Waals surface area contributed by atoms with Gasteiger partial charge >= 0.3 is 11.9 Å². The number of hydrogen-bond acceptors (Lipinski definition) is 5. The molecule has 2 aromatic rings. The Morgan fingerprint density at radius 1 is 1.03 bits per heavy atom. The number of anilines is 1. The number of carbonyl (C=O) groups is 3. The average molecular weight is 529 g/mol. The van der Waals surface area contributed by atoms with Crippen molar-refractivity contribution in [2.24, 2.45) is 0 Å². The lowest BCUT2D eigenvalue weighted by molar-refractivity contribution is -0.147. The van der Waals surface area contributed by atoms with Gasteiger partial charge in [0.2, 0.25) is 0 Å². The SMILES string of the molecule is COc1cc(C(C)=O)c(Oc2c(Br)cc(NC(=O)C(=O)O)cc2Br)cc1C(C)C. The van der Waals surface area contributed by atoms with Crippen LogP contribution in [0.4, 0.5) is 5.69 Å². The average Bonchev–Trinajstić information content (AvgIpc) is 2.63. The van der Waals surface area contributed by atoms with Crippen LogP contribution in [0.25, 0.3) is 0 Å². The topological polar surface area (TPSA) is 102 Å². The minimum atomic E-state index is -1.59. The molecule has 0 bridgehead atoms. The summed E-state index contributed by atoms with van der Waals surface area (Å²) in [7, 11) is 1.54. The van der Waals surface area contributed by atoms with Crippen molar-refractivity contribution >= 4 is 55.2 Å². The van der Waals surface area contributed by atoms with Gasteiger partial charge in [0.05, 0.1) is 21.6 Å². The predicted molar refractivity (Wildman–Crippen MR) is 115 cm³/mol. The molecule has 0 unspecified atom stereocenters. The van der Waals surface area contributed by atoms with E-state index in [1.807, 2.05) is 13.8 Å². The summed E-state index contributed by atoms with van der Waals surface area (Å²) in [6.45, 7) is 5.44. The van der Waals surface area contributed by atoms with Crippen LogP contribution in [0.1, 0.15) is 42.6 Å². The van der Waals surface area contributed by atoms with Crippen molar-refractivity contribution in [1.82, 2.24) is 0 Å².